The van der Waals surface area contributed by atoms with Crippen molar-refractivity contribution in [1.82, 2.24) is 15.0 Å². The molecule has 4 nitrogen and oxygen atoms in total. The van der Waals surface area contributed by atoms with Crippen molar-refractivity contribution in [3.8, 4) is 89.5 Å². The van der Waals surface area contributed by atoms with Crippen molar-refractivity contribution in [2.45, 2.75) is 0 Å². The highest BCUT2D eigenvalue weighted by molar-refractivity contribution is 6.84. The molecule has 0 unspecified atom stereocenters. The molecule has 2 aliphatic heterocycles. The van der Waals surface area contributed by atoms with Crippen LogP contribution in [0.5, 0.6) is 0 Å². The molecule has 1 aromatic heterocycles. The summed E-state index contributed by atoms with van der Waals surface area (Å²) in [6.45, 7) is -0.0873. The molecule has 0 N–H and O–H groups in total. The topological polar surface area (TPSA) is 41.9 Å². The highest BCUT2D eigenvalue weighted by atomic mass is 15.1. The maximum Gasteiger partial charge on any atom is 0.321 e. The van der Waals surface area contributed by atoms with Gasteiger partial charge >= 0.3 is 6.85 Å². The SMILES string of the molecule is C1=CN2B(C=C1c1nc(-c3cccc(-c4ccccc4)c3)nc(-c3cc(-c4ccccc4)cc(-c4ccccc4)c3)n1)c1ccccc1-c1ccc(-c3cccc(-c4ccccc4)c3)cc12. The normalized spacial score (nSPS) is 12.5. The number of fused-ring (bicyclic) bond motifs is 6. The first-order chi connectivity index (χ1) is 32.7. The highest BCUT2D eigenvalue weighted by Crippen LogP contribution is 2.41. The first kappa shape index (κ1) is 39.0. The van der Waals surface area contributed by atoms with E-state index < -0.39 is 0 Å². The van der Waals surface area contributed by atoms with E-state index in [-0.39, 0.29) is 6.85 Å². The van der Waals surface area contributed by atoms with Crippen LogP contribution in [0, 0.1) is 0 Å². The summed E-state index contributed by atoms with van der Waals surface area (Å²) in [6, 6.07) is 81.8. The average Bonchev–Trinajstić information content (AvgIpc) is 3.41. The number of rotatable bonds is 8. The van der Waals surface area contributed by atoms with Gasteiger partial charge in [0.25, 0.3) is 0 Å². The molecule has 0 bridgehead atoms. The lowest BCUT2D eigenvalue weighted by Crippen LogP contribution is -2.49. The number of aromatic nitrogens is 3. The fourth-order valence-electron chi connectivity index (χ4n) is 9.42. The van der Waals surface area contributed by atoms with Gasteiger partial charge in [0.15, 0.2) is 17.5 Å². The molecule has 0 fully saturated rings. The highest BCUT2D eigenvalue weighted by Gasteiger charge is 2.35. The third kappa shape index (κ3) is 7.42. The predicted octanol–water partition coefficient (Wildman–Crippen LogP) is 14.4. The third-order valence-corrected chi connectivity index (χ3v) is 12.7. The Balaban J connectivity index is 0.998. The van der Waals surface area contributed by atoms with Gasteiger partial charge in [-0.2, -0.15) is 0 Å². The molecule has 66 heavy (non-hydrogen) atoms. The van der Waals surface area contributed by atoms with Gasteiger partial charge in [-0.05, 0) is 115 Å². The van der Waals surface area contributed by atoms with E-state index in [4.69, 9.17) is 15.0 Å². The third-order valence-electron chi connectivity index (χ3n) is 12.7. The molecule has 0 atom stereocenters. The molecule has 0 amide bonds. The van der Waals surface area contributed by atoms with Crippen molar-refractivity contribution in [2.75, 3.05) is 4.81 Å². The minimum atomic E-state index is -0.0873. The Labute approximate surface area is 385 Å². The molecule has 12 rings (SSSR count). The van der Waals surface area contributed by atoms with Crippen LogP contribution in [0.4, 0.5) is 5.69 Å². The van der Waals surface area contributed by atoms with Gasteiger partial charge in [-0.25, -0.2) is 15.0 Å². The molecule has 0 aliphatic carbocycles. The molecule has 308 valence electrons. The first-order valence-electron chi connectivity index (χ1n) is 22.4. The molecular formula is C61H41BN4. The fraction of sp³-hybridized carbons (Fsp3) is 0. The smallest absolute Gasteiger partial charge is 0.321 e. The Bertz CT molecular complexity index is 3420. The largest absolute Gasteiger partial charge is 0.383 e. The molecule has 5 heteroatoms. The molecule has 0 saturated heterocycles. The molecule has 3 heterocycles. The summed E-state index contributed by atoms with van der Waals surface area (Å²) < 4.78 is 0. The Morgan fingerprint density at radius 2 is 0.727 bits per heavy atom. The van der Waals surface area contributed by atoms with Crippen molar-refractivity contribution in [3.63, 3.8) is 0 Å². The summed E-state index contributed by atoms with van der Waals surface area (Å²) >= 11 is 0. The van der Waals surface area contributed by atoms with E-state index in [1.165, 1.54) is 38.8 Å². The van der Waals surface area contributed by atoms with Crippen LogP contribution in [0.15, 0.2) is 249 Å². The lowest BCUT2D eigenvalue weighted by atomic mass is 9.49. The Morgan fingerprint density at radius 1 is 0.303 bits per heavy atom. The monoisotopic (exact) mass is 840 g/mol. The van der Waals surface area contributed by atoms with Crippen molar-refractivity contribution in [1.29, 1.82) is 0 Å². The van der Waals surface area contributed by atoms with Gasteiger partial charge in [0.2, 0.25) is 0 Å². The van der Waals surface area contributed by atoms with Crippen LogP contribution in [-0.4, -0.2) is 21.8 Å². The van der Waals surface area contributed by atoms with Crippen LogP contribution >= 0.6 is 0 Å². The Morgan fingerprint density at radius 3 is 1.33 bits per heavy atom. The van der Waals surface area contributed by atoms with E-state index in [0.717, 1.165) is 55.8 Å². The van der Waals surface area contributed by atoms with E-state index >= 15 is 0 Å². The van der Waals surface area contributed by atoms with Crippen LogP contribution in [0.3, 0.4) is 0 Å². The number of anilines is 1. The standard InChI is InChI=1S/C61H41BN4/c1-5-17-42(18-6-1)46-25-15-27-48(35-46)49-31-32-56-55-29-13-14-30-57(55)62-41-51(33-34-66(62)58(56)40-49)60-63-59(50-28-16-26-47(36-50)43-19-7-2-8-20-43)64-61(65-60)54-38-52(44-21-9-3-10-22-44)37-53(39-54)45-23-11-4-12-24-45/h1-41H. The summed E-state index contributed by atoms with van der Waals surface area (Å²) in [4.78, 5) is 18.4. The van der Waals surface area contributed by atoms with Crippen LogP contribution < -0.4 is 10.3 Å². The predicted molar refractivity (Wildman–Crippen MR) is 275 cm³/mol. The molecule has 10 aromatic rings. The second-order valence-corrected chi connectivity index (χ2v) is 16.8. The second-order valence-electron chi connectivity index (χ2n) is 16.8. The van der Waals surface area contributed by atoms with E-state index in [1.807, 2.05) is 6.07 Å². The maximum absolute atomic E-state index is 5.37. The summed E-state index contributed by atoms with van der Waals surface area (Å²) in [5.74, 6) is 4.18. The van der Waals surface area contributed by atoms with Gasteiger partial charge in [-0.1, -0.05) is 200 Å². The van der Waals surface area contributed by atoms with Crippen molar-refractivity contribution < 1.29 is 0 Å². The van der Waals surface area contributed by atoms with Gasteiger partial charge in [0, 0.05) is 28.0 Å². The molecule has 9 aromatic carbocycles. The average molecular weight is 841 g/mol. The van der Waals surface area contributed by atoms with Crippen molar-refractivity contribution >= 4 is 23.6 Å². The van der Waals surface area contributed by atoms with Crippen molar-refractivity contribution in [3.05, 3.63) is 255 Å². The van der Waals surface area contributed by atoms with Crippen molar-refractivity contribution in [2.24, 2.45) is 0 Å². The molecule has 0 radical (unpaired) electrons. The van der Waals surface area contributed by atoms with E-state index in [2.05, 4.69) is 248 Å². The zero-order valence-electron chi connectivity index (χ0n) is 36.0. The van der Waals surface area contributed by atoms with Crippen LogP contribution in [0.1, 0.15) is 5.82 Å². The van der Waals surface area contributed by atoms with Gasteiger partial charge in [-0.3, -0.25) is 0 Å². The molecule has 2 aliphatic rings. The zero-order chi connectivity index (χ0) is 43.8. The quantitative estimate of drug-likeness (QED) is 0.143. The Hall–Kier alpha value is -8.67. The summed E-state index contributed by atoms with van der Waals surface area (Å²) in [7, 11) is 0. The Kier molecular flexibility index (Phi) is 9.92. The summed E-state index contributed by atoms with van der Waals surface area (Å²) in [5.41, 5.74) is 19.1. The van der Waals surface area contributed by atoms with Crippen LogP contribution in [0.2, 0.25) is 0 Å². The van der Waals surface area contributed by atoms with Gasteiger partial charge < -0.3 is 4.81 Å². The lowest BCUT2D eigenvalue weighted by Gasteiger charge is -2.37. The van der Waals surface area contributed by atoms with Crippen LogP contribution in [-0.2, 0) is 0 Å². The molecule has 0 spiro atoms. The number of benzene rings is 9. The van der Waals surface area contributed by atoms with Gasteiger partial charge in [0.1, 0.15) is 0 Å². The summed E-state index contributed by atoms with van der Waals surface area (Å²) in [5, 5.41) is 0. The first-order valence-corrected chi connectivity index (χ1v) is 22.4. The van der Waals surface area contributed by atoms with Crippen LogP contribution in [0.25, 0.3) is 95.1 Å². The van der Waals surface area contributed by atoms with E-state index in [0.29, 0.717) is 17.5 Å². The summed E-state index contributed by atoms with van der Waals surface area (Å²) in [6.07, 6.45) is 4.37. The zero-order valence-corrected chi connectivity index (χ0v) is 36.0. The minimum absolute atomic E-state index is 0.0873. The van der Waals surface area contributed by atoms with E-state index in [9.17, 15) is 0 Å². The minimum Gasteiger partial charge on any atom is -0.383 e. The molecule has 0 saturated carbocycles. The number of hydrogen-bond acceptors (Lipinski definition) is 4. The fourth-order valence-corrected chi connectivity index (χ4v) is 9.42. The number of hydrogen-bond donors (Lipinski definition) is 0. The second kappa shape index (κ2) is 16.8. The maximum atomic E-state index is 5.37. The van der Waals surface area contributed by atoms with E-state index in [1.54, 1.807) is 0 Å². The lowest BCUT2D eigenvalue weighted by molar-refractivity contribution is 1.04. The molecular weight excluding hydrogens is 800 g/mol. The number of nitrogens with zero attached hydrogens (tertiary/aromatic N) is 4. The van der Waals surface area contributed by atoms with Gasteiger partial charge in [-0.15, -0.1) is 0 Å². The van der Waals surface area contributed by atoms with Gasteiger partial charge in [0.05, 0.1) is 0 Å². The number of allylic oxidation sites excluding steroid dienone is 2.